The number of anilines is 2. The van der Waals surface area contributed by atoms with E-state index in [1.54, 1.807) is 25.4 Å². The predicted molar refractivity (Wildman–Crippen MR) is 117 cm³/mol. The van der Waals surface area contributed by atoms with E-state index < -0.39 is 17.8 Å². The molecule has 0 spiro atoms. The first kappa shape index (κ1) is 21.3. The topological polar surface area (TPSA) is 79.5 Å². The molecule has 2 amide bonds. The minimum atomic E-state index is -4.56. The van der Waals surface area contributed by atoms with E-state index in [0.717, 1.165) is 12.1 Å². The molecule has 0 aliphatic carbocycles. The number of aromatic nitrogens is 4. The van der Waals surface area contributed by atoms with Gasteiger partial charge in [-0.05, 0) is 30.3 Å². The zero-order valence-electron chi connectivity index (χ0n) is 17.6. The molecule has 4 heterocycles. The second kappa shape index (κ2) is 7.77. The van der Waals surface area contributed by atoms with Crippen LogP contribution in [0.4, 0.5) is 35.3 Å². The molecule has 0 radical (unpaired) electrons. The molecule has 5 rings (SSSR count). The van der Waals surface area contributed by atoms with Gasteiger partial charge in [0.15, 0.2) is 0 Å². The SMILES string of the molecule is [C-]#[N+]c1ncc(-c2ccc3ncc4c(c3n2)N(c2cccc(C(F)(F)F)c2)C(=O)N(C)C4)cn1. The molecule has 0 saturated heterocycles. The quantitative estimate of drug-likeness (QED) is 0.376. The molecule has 0 bridgehead atoms. The maximum absolute atomic E-state index is 13.4. The lowest BCUT2D eigenvalue weighted by Gasteiger charge is -2.35. The number of halogens is 3. The number of carbonyl (C=O) groups excluding carboxylic acids is 1. The predicted octanol–water partition coefficient (Wildman–Crippen LogP) is 5.36. The number of nitrogens with zero attached hydrogens (tertiary/aromatic N) is 7. The van der Waals surface area contributed by atoms with Crippen LogP contribution in [-0.4, -0.2) is 37.9 Å². The van der Waals surface area contributed by atoms with Crippen molar-refractivity contribution in [3.63, 3.8) is 0 Å². The Labute approximate surface area is 191 Å². The van der Waals surface area contributed by atoms with Gasteiger partial charge in [0, 0.05) is 18.8 Å². The molecule has 0 fully saturated rings. The molecule has 11 heteroatoms. The van der Waals surface area contributed by atoms with Gasteiger partial charge in [-0.1, -0.05) is 6.07 Å². The summed E-state index contributed by atoms with van der Waals surface area (Å²) >= 11 is 0. The standard InChI is InChI=1S/C23H14F3N7O/c1-27-21-29-9-13(10-30-21)17-6-7-18-19(31-17)20-14(11-28-18)12-32(2)22(34)33(20)16-5-3-4-15(8-16)23(24,25)26/h3-11H,12H2,2H3. The van der Waals surface area contributed by atoms with E-state index >= 15 is 0 Å². The van der Waals surface area contributed by atoms with Crippen molar-refractivity contribution in [1.82, 2.24) is 24.8 Å². The number of carbonyl (C=O) groups is 1. The first-order valence-electron chi connectivity index (χ1n) is 9.97. The Morgan fingerprint density at radius 2 is 1.82 bits per heavy atom. The highest BCUT2D eigenvalue weighted by atomic mass is 19.4. The van der Waals surface area contributed by atoms with Gasteiger partial charge in [0.1, 0.15) is 5.52 Å². The Kier molecular flexibility index (Phi) is 4.86. The molecule has 34 heavy (non-hydrogen) atoms. The van der Waals surface area contributed by atoms with Gasteiger partial charge in [-0.3, -0.25) is 9.88 Å². The monoisotopic (exact) mass is 461 g/mol. The fraction of sp³-hybridized carbons (Fsp3) is 0.130. The summed E-state index contributed by atoms with van der Waals surface area (Å²) in [4.78, 5) is 36.0. The Hall–Kier alpha value is -4.59. The van der Waals surface area contributed by atoms with Gasteiger partial charge < -0.3 is 9.74 Å². The van der Waals surface area contributed by atoms with Crippen molar-refractivity contribution in [3.8, 4) is 11.3 Å². The van der Waals surface area contributed by atoms with E-state index in [2.05, 4.69) is 24.8 Å². The summed E-state index contributed by atoms with van der Waals surface area (Å²) in [5.74, 6) is -0.00654. The van der Waals surface area contributed by atoms with Crippen molar-refractivity contribution >= 4 is 34.4 Å². The van der Waals surface area contributed by atoms with E-state index in [1.165, 1.54) is 34.3 Å². The van der Waals surface area contributed by atoms with Crippen LogP contribution in [0.2, 0.25) is 0 Å². The lowest BCUT2D eigenvalue weighted by Crippen LogP contribution is -2.42. The number of hydrogen-bond donors (Lipinski definition) is 0. The number of rotatable bonds is 2. The van der Waals surface area contributed by atoms with Gasteiger partial charge in [-0.25, -0.2) is 9.78 Å². The first-order valence-corrected chi connectivity index (χ1v) is 9.97. The highest BCUT2D eigenvalue weighted by Gasteiger charge is 2.35. The molecule has 8 nitrogen and oxygen atoms in total. The third-order valence-electron chi connectivity index (χ3n) is 5.38. The highest BCUT2D eigenvalue weighted by Crippen LogP contribution is 2.40. The zero-order chi connectivity index (χ0) is 24.0. The molecule has 0 N–H and O–H groups in total. The van der Waals surface area contributed by atoms with Gasteiger partial charge >= 0.3 is 18.2 Å². The van der Waals surface area contributed by atoms with E-state index in [9.17, 15) is 18.0 Å². The lowest BCUT2D eigenvalue weighted by molar-refractivity contribution is -0.137. The Balaban J connectivity index is 1.73. The molecule has 0 atom stereocenters. The average Bonchev–Trinajstić information content (AvgIpc) is 2.84. The van der Waals surface area contributed by atoms with E-state index in [0.29, 0.717) is 33.5 Å². The number of hydrogen-bond acceptors (Lipinski definition) is 5. The van der Waals surface area contributed by atoms with Crippen molar-refractivity contribution < 1.29 is 18.0 Å². The van der Waals surface area contributed by atoms with Crippen LogP contribution in [0.5, 0.6) is 0 Å². The summed E-state index contributed by atoms with van der Waals surface area (Å²) in [5, 5.41) is 0. The van der Waals surface area contributed by atoms with Crippen LogP contribution < -0.4 is 4.90 Å². The summed E-state index contributed by atoms with van der Waals surface area (Å²) < 4.78 is 40.2. The van der Waals surface area contributed by atoms with Crippen LogP contribution in [0.3, 0.4) is 0 Å². The summed E-state index contributed by atoms with van der Waals surface area (Å²) in [6.45, 7) is 7.21. The molecule has 168 valence electrons. The van der Waals surface area contributed by atoms with Crippen LogP contribution in [0.15, 0.2) is 55.0 Å². The van der Waals surface area contributed by atoms with Gasteiger partial charge in [-0.2, -0.15) is 23.1 Å². The van der Waals surface area contributed by atoms with Crippen LogP contribution in [0.25, 0.3) is 27.1 Å². The molecule has 0 saturated carbocycles. The second-order valence-corrected chi connectivity index (χ2v) is 7.60. The third kappa shape index (κ3) is 3.55. The van der Waals surface area contributed by atoms with Crippen molar-refractivity contribution in [3.05, 3.63) is 77.5 Å². The Morgan fingerprint density at radius 1 is 1.06 bits per heavy atom. The van der Waals surface area contributed by atoms with E-state index in [1.807, 2.05) is 0 Å². The minimum absolute atomic E-state index is 0.00654. The summed E-state index contributed by atoms with van der Waals surface area (Å²) in [6.07, 6.45) is -0.0508. The summed E-state index contributed by atoms with van der Waals surface area (Å²) in [5.41, 5.74) is 2.03. The normalized spacial score (nSPS) is 13.7. The van der Waals surface area contributed by atoms with Gasteiger partial charge in [-0.15, -0.1) is 6.57 Å². The average molecular weight is 461 g/mol. The molecule has 1 aliphatic rings. The minimum Gasteiger partial charge on any atom is -0.394 e. The molecule has 1 aliphatic heterocycles. The van der Waals surface area contributed by atoms with E-state index in [4.69, 9.17) is 6.57 Å². The van der Waals surface area contributed by atoms with Crippen LogP contribution in [-0.2, 0) is 12.7 Å². The maximum Gasteiger partial charge on any atom is 0.416 e. The summed E-state index contributed by atoms with van der Waals surface area (Å²) in [6, 6.07) is 7.51. The Morgan fingerprint density at radius 3 is 2.53 bits per heavy atom. The largest absolute Gasteiger partial charge is 0.416 e. The lowest BCUT2D eigenvalue weighted by atomic mass is 10.1. The smallest absolute Gasteiger partial charge is 0.394 e. The molecular weight excluding hydrogens is 447 g/mol. The summed E-state index contributed by atoms with van der Waals surface area (Å²) in [7, 11) is 1.57. The van der Waals surface area contributed by atoms with Gasteiger partial charge in [0.25, 0.3) is 0 Å². The molecule has 1 aromatic carbocycles. The van der Waals surface area contributed by atoms with Gasteiger partial charge in [0.2, 0.25) is 0 Å². The fourth-order valence-corrected chi connectivity index (χ4v) is 3.78. The number of urea groups is 1. The van der Waals surface area contributed by atoms with Crippen LogP contribution in [0.1, 0.15) is 11.1 Å². The van der Waals surface area contributed by atoms with Crippen molar-refractivity contribution in [2.45, 2.75) is 12.7 Å². The van der Waals surface area contributed by atoms with E-state index in [-0.39, 0.29) is 18.2 Å². The molecule has 0 unspecified atom stereocenters. The van der Waals surface area contributed by atoms with Crippen LogP contribution >= 0.6 is 0 Å². The number of amides is 2. The highest BCUT2D eigenvalue weighted by molar-refractivity contribution is 6.08. The second-order valence-electron chi connectivity index (χ2n) is 7.60. The van der Waals surface area contributed by atoms with Crippen molar-refractivity contribution in [2.24, 2.45) is 0 Å². The molecular formula is C23H14F3N7O. The number of benzene rings is 1. The first-order chi connectivity index (χ1) is 16.3. The number of pyridine rings is 2. The third-order valence-corrected chi connectivity index (χ3v) is 5.38. The Bertz CT molecular complexity index is 1480. The fourth-order valence-electron chi connectivity index (χ4n) is 3.78. The van der Waals surface area contributed by atoms with Crippen molar-refractivity contribution in [1.29, 1.82) is 0 Å². The zero-order valence-corrected chi connectivity index (χ0v) is 17.6. The molecule has 4 aromatic rings. The number of alkyl halides is 3. The van der Waals surface area contributed by atoms with Crippen LogP contribution in [0, 0.1) is 6.57 Å². The number of fused-ring (bicyclic) bond motifs is 3. The van der Waals surface area contributed by atoms with Crippen molar-refractivity contribution in [2.75, 3.05) is 11.9 Å². The molecule has 3 aromatic heterocycles. The maximum atomic E-state index is 13.4. The van der Waals surface area contributed by atoms with Gasteiger partial charge in [0.05, 0.1) is 52.7 Å².